The Bertz CT molecular complexity index is 396. The summed E-state index contributed by atoms with van der Waals surface area (Å²) in [7, 11) is 1.88. The molecule has 0 bridgehead atoms. The molecule has 5 nitrogen and oxygen atoms in total. The predicted molar refractivity (Wildman–Crippen MR) is 124 cm³/mol. The molecule has 154 valence electrons. The zero-order valence-electron chi connectivity index (χ0n) is 17.5. The highest BCUT2D eigenvalue weighted by Gasteiger charge is 2.31. The fourth-order valence-electron chi connectivity index (χ4n) is 4.01. The number of likely N-dealkylation sites (tertiary alicyclic amines) is 2. The number of unbranched alkanes of at least 4 members (excludes halogenated alkanes) is 2. The Morgan fingerprint density at radius 1 is 1.08 bits per heavy atom. The highest BCUT2D eigenvalue weighted by atomic mass is 127. The lowest BCUT2D eigenvalue weighted by molar-refractivity contribution is 0.224. The van der Waals surface area contributed by atoms with Crippen molar-refractivity contribution in [2.45, 2.75) is 71.4 Å². The molecule has 0 radical (unpaired) electrons. The Kier molecular flexibility index (Phi) is 12.1. The molecule has 2 aliphatic heterocycles. The number of piperidine rings is 1. The van der Waals surface area contributed by atoms with Crippen molar-refractivity contribution in [3.8, 4) is 0 Å². The Morgan fingerprint density at radius 2 is 1.81 bits per heavy atom. The van der Waals surface area contributed by atoms with Crippen LogP contribution in [0.15, 0.2) is 4.99 Å². The molecule has 0 aromatic heterocycles. The van der Waals surface area contributed by atoms with Gasteiger partial charge in [0.05, 0.1) is 0 Å². The summed E-state index contributed by atoms with van der Waals surface area (Å²) >= 11 is 0. The Morgan fingerprint density at radius 3 is 2.42 bits per heavy atom. The van der Waals surface area contributed by atoms with E-state index in [4.69, 9.17) is 0 Å². The van der Waals surface area contributed by atoms with Crippen LogP contribution in [-0.4, -0.2) is 74.2 Å². The van der Waals surface area contributed by atoms with Gasteiger partial charge < -0.3 is 15.5 Å². The van der Waals surface area contributed by atoms with Crippen molar-refractivity contribution < 1.29 is 0 Å². The molecule has 2 rings (SSSR count). The summed E-state index contributed by atoms with van der Waals surface area (Å²) in [6.07, 6.45) is 8.10. The lowest BCUT2D eigenvalue weighted by atomic mass is 10.1. The van der Waals surface area contributed by atoms with E-state index in [2.05, 4.69) is 46.2 Å². The molecule has 2 unspecified atom stereocenters. The molecule has 2 heterocycles. The summed E-state index contributed by atoms with van der Waals surface area (Å²) in [5, 5.41) is 7.14. The number of guanidine groups is 1. The number of nitrogens with one attached hydrogen (secondary N) is 2. The second-order valence-corrected chi connectivity index (χ2v) is 8.24. The molecule has 2 atom stereocenters. The first-order valence-corrected chi connectivity index (χ1v) is 10.5. The van der Waals surface area contributed by atoms with Gasteiger partial charge in [-0.3, -0.25) is 9.89 Å². The standard InChI is InChI=1S/C20H41N5.HI/c1-17(2)25-15-18(3)19(16-25)23-20(21-4)22-11-7-5-8-12-24-13-9-6-10-14-24;/h17-19H,5-16H2,1-4H3,(H2,21,22,23);1H. The lowest BCUT2D eigenvalue weighted by Crippen LogP contribution is -2.47. The fraction of sp³-hybridized carbons (Fsp3) is 0.950. The highest BCUT2D eigenvalue weighted by molar-refractivity contribution is 14.0. The second kappa shape index (κ2) is 13.2. The van der Waals surface area contributed by atoms with Crippen molar-refractivity contribution in [2.75, 3.05) is 46.3 Å². The number of halogens is 1. The van der Waals surface area contributed by atoms with E-state index >= 15 is 0 Å². The van der Waals surface area contributed by atoms with Crippen LogP contribution in [0.4, 0.5) is 0 Å². The van der Waals surface area contributed by atoms with E-state index in [1.807, 2.05) is 7.05 Å². The molecule has 2 N–H and O–H groups in total. The van der Waals surface area contributed by atoms with Gasteiger partial charge in [0.25, 0.3) is 0 Å². The molecular formula is C20H42IN5. The van der Waals surface area contributed by atoms with Gasteiger partial charge in [0.15, 0.2) is 5.96 Å². The molecule has 0 aromatic carbocycles. The highest BCUT2D eigenvalue weighted by Crippen LogP contribution is 2.18. The van der Waals surface area contributed by atoms with Crippen LogP contribution in [0.25, 0.3) is 0 Å². The van der Waals surface area contributed by atoms with Crippen LogP contribution in [0.2, 0.25) is 0 Å². The molecule has 2 fully saturated rings. The third-order valence-electron chi connectivity index (χ3n) is 5.81. The minimum absolute atomic E-state index is 0. The maximum atomic E-state index is 4.41. The number of aliphatic imine (C=N–C) groups is 1. The molecule has 0 spiro atoms. The molecule has 0 aromatic rings. The maximum Gasteiger partial charge on any atom is 0.191 e. The van der Waals surface area contributed by atoms with Crippen LogP contribution in [0.5, 0.6) is 0 Å². The van der Waals surface area contributed by atoms with E-state index < -0.39 is 0 Å². The first-order valence-electron chi connectivity index (χ1n) is 10.5. The van der Waals surface area contributed by atoms with Gasteiger partial charge in [-0.1, -0.05) is 19.8 Å². The number of hydrogen-bond acceptors (Lipinski definition) is 3. The van der Waals surface area contributed by atoms with Crippen molar-refractivity contribution in [3.63, 3.8) is 0 Å². The Hall–Kier alpha value is -0.0800. The minimum atomic E-state index is 0. The van der Waals surface area contributed by atoms with E-state index in [-0.39, 0.29) is 24.0 Å². The third-order valence-corrected chi connectivity index (χ3v) is 5.81. The summed E-state index contributed by atoms with van der Waals surface area (Å²) in [5.74, 6) is 1.64. The van der Waals surface area contributed by atoms with Gasteiger partial charge in [-0.15, -0.1) is 24.0 Å². The van der Waals surface area contributed by atoms with Crippen LogP contribution in [0, 0.1) is 5.92 Å². The molecule has 6 heteroatoms. The average molecular weight is 479 g/mol. The van der Waals surface area contributed by atoms with Crippen LogP contribution in [0.3, 0.4) is 0 Å². The summed E-state index contributed by atoms with van der Waals surface area (Å²) in [4.78, 5) is 9.60. The molecule has 0 saturated carbocycles. The SMILES string of the molecule is CN=C(NCCCCCN1CCCCC1)NC1CN(C(C)C)CC1C.I. The Balaban J connectivity index is 0.00000338. The number of rotatable bonds is 8. The van der Waals surface area contributed by atoms with Crippen molar-refractivity contribution in [1.29, 1.82) is 0 Å². The number of nitrogens with zero attached hydrogens (tertiary/aromatic N) is 3. The van der Waals surface area contributed by atoms with Crippen LogP contribution >= 0.6 is 24.0 Å². The molecule has 26 heavy (non-hydrogen) atoms. The summed E-state index contributed by atoms with van der Waals surface area (Å²) in [6.45, 7) is 14.2. The van der Waals surface area contributed by atoms with Crippen molar-refractivity contribution in [1.82, 2.24) is 20.4 Å². The topological polar surface area (TPSA) is 42.9 Å². The zero-order chi connectivity index (χ0) is 18.1. The maximum absolute atomic E-state index is 4.41. The van der Waals surface area contributed by atoms with Gasteiger partial charge in [0.2, 0.25) is 0 Å². The third kappa shape index (κ3) is 8.30. The lowest BCUT2D eigenvalue weighted by Gasteiger charge is -2.26. The second-order valence-electron chi connectivity index (χ2n) is 8.24. The van der Waals surface area contributed by atoms with E-state index in [0.717, 1.165) is 19.0 Å². The van der Waals surface area contributed by atoms with Gasteiger partial charge in [0, 0.05) is 38.8 Å². The predicted octanol–water partition coefficient (Wildman–Crippen LogP) is 3.15. The molecule has 0 amide bonds. The van der Waals surface area contributed by atoms with Crippen molar-refractivity contribution in [2.24, 2.45) is 10.9 Å². The summed E-state index contributed by atoms with van der Waals surface area (Å²) in [6, 6.07) is 1.14. The Labute approximate surface area is 178 Å². The largest absolute Gasteiger partial charge is 0.356 e. The summed E-state index contributed by atoms with van der Waals surface area (Å²) < 4.78 is 0. The van der Waals surface area contributed by atoms with Gasteiger partial charge >= 0.3 is 0 Å². The molecule has 2 aliphatic rings. The number of hydrogen-bond donors (Lipinski definition) is 2. The fourth-order valence-corrected chi connectivity index (χ4v) is 4.01. The first-order chi connectivity index (χ1) is 12.1. The zero-order valence-corrected chi connectivity index (χ0v) is 19.8. The monoisotopic (exact) mass is 479 g/mol. The van der Waals surface area contributed by atoms with Gasteiger partial charge in [0.1, 0.15) is 0 Å². The smallest absolute Gasteiger partial charge is 0.191 e. The van der Waals surface area contributed by atoms with Gasteiger partial charge in [-0.2, -0.15) is 0 Å². The van der Waals surface area contributed by atoms with Gasteiger partial charge in [-0.05, 0) is 65.1 Å². The first kappa shape index (κ1) is 24.0. The quantitative estimate of drug-likeness (QED) is 0.243. The van der Waals surface area contributed by atoms with Crippen LogP contribution < -0.4 is 10.6 Å². The van der Waals surface area contributed by atoms with E-state index in [1.165, 1.54) is 64.7 Å². The van der Waals surface area contributed by atoms with Crippen molar-refractivity contribution in [3.05, 3.63) is 0 Å². The van der Waals surface area contributed by atoms with Crippen LogP contribution in [0.1, 0.15) is 59.3 Å². The average Bonchev–Trinajstić information content (AvgIpc) is 2.98. The van der Waals surface area contributed by atoms with Crippen molar-refractivity contribution >= 4 is 29.9 Å². The minimum Gasteiger partial charge on any atom is -0.356 e. The molecule has 2 saturated heterocycles. The van der Waals surface area contributed by atoms with Crippen LogP contribution in [-0.2, 0) is 0 Å². The van der Waals surface area contributed by atoms with E-state index in [0.29, 0.717) is 18.0 Å². The van der Waals surface area contributed by atoms with Gasteiger partial charge in [-0.25, -0.2) is 0 Å². The normalized spacial score (nSPS) is 25.3. The summed E-state index contributed by atoms with van der Waals surface area (Å²) in [5.41, 5.74) is 0. The van der Waals surface area contributed by atoms with E-state index in [1.54, 1.807) is 0 Å². The molecule has 0 aliphatic carbocycles. The molecular weight excluding hydrogens is 437 g/mol. The van der Waals surface area contributed by atoms with E-state index in [9.17, 15) is 0 Å².